The highest BCUT2D eigenvalue weighted by molar-refractivity contribution is 9.11. The average Bonchev–Trinajstić information content (AvgIpc) is 2.87. The van der Waals surface area contributed by atoms with Gasteiger partial charge >= 0.3 is 6.09 Å². The van der Waals surface area contributed by atoms with Crippen LogP contribution in [0.1, 0.15) is 24.5 Å². The van der Waals surface area contributed by atoms with Crippen molar-refractivity contribution in [1.29, 1.82) is 0 Å². The van der Waals surface area contributed by atoms with Gasteiger partial charge in [-0.25, -0.2) is 10.3 Å². The van der Waals surface area contributed by atoms with E-state index in [2.05, 4.69) is 37.2 Å². The molecule has 0 heterocycles. The number of allylic oxidation sites excluding steroid dienone is 1. The second-order valence-corrected chi connectivity index (χ2v) is 9.34. The fourth-order valence-electron chi connectivity index (χ4n) is 3.36. The fourth-order valence-corrected chi connectivity index (χ4v) is 4.62. The second kappa shape index (κ2) is 13.7. The van der Waals surface area contributed by atoms with Gasteiger partial charge in [0.1, 0.15) is 17.6 Å². The predicted octanol–water partition coefficient (Wildman–Crippen LogP) is 6.50. The number of nitrogens with one attached hydrogen (secondary N) is 2. The molecule has 0 aromatic heterocycles. The van der Waals surface area contributed by atoms with Crippen LogP contribution in [0.2, 0.25) is 0 Å². The lowest BCUT2D eigenvalue weighted by Crippen LogP contribution is -2.31. The summed E-state index contributed by atoms with van der Waals surface area (Å²) in [4.78, 5) is 24.2. The molecule has 0 aliphatic carbocycles. The third-order valence-corrected chi connectivity index (χ3v) is 6.05. The smallest absolute Gasteiger partial charge is 0.412 e. The monoisotopic (exact) mass is 618 g/mol. The lowest BCUT2D eigenvalue weighted by atomic mass is 9.99. The maximum Gasteiger partial charge on any atom is 0.412 e. The number of carbonyl (C=O) groups is 2. The summed E-state index contributed by atoms with van der Waals surface area (Å²) in [6, 6.07) is 21.1. The van der Waals surface area contributed by atoms with Crippen LogP contribution in [0.5, 0.6) is 11.5 Å². The number of carbonyl (C=O) groups excluding carboxylic acids is 2. The molecule has 0 fully saturated rings. The van der Waals surface area contributed by atoms with Crippen molar-refractivity contribution in [1.82, 2.24) is 5.48 Å². The molecule has 0 spiro atoms. The van der Waals surface area contributed by atoms with Gasteiger partial charge in [-0.15, -0.1) is 0 Å². The van der Waals surface area contributed by atoms with E-state index in [1.54, 1.807) is 54.6 Å². The van der Waals surface area contributed by atoms with Crippen molar-refractivity contribution in [3.8, 4) is 11.5 Å². The zero-order valence-electron chi connectivity index (χ0n) is 18.9. The Morgan fingerprint density at radius 1 is 1.00 bits per heavy atom. The number of rotatable bonds is 10. The molecule has 2 amide bonds. The molecule has 0 saturated carbocycles. The third kappa shape index (κ3) is 8.11. The minimum atomic E-state index is -1.04. The van der Waals surface area contributed by atoms with Gasteiger partial charge < -0.3 is 14.6 Å². The maximum absolute atomic E-state index is 12.9. The van der Waals surface area contributed by atoms with Crippen LogP contribution >= 0.6 is 31.9 Å². The first-order valence-corrected chi connectivity index (χ1v) is 12.5. The Hall–Kier alpha value is -3.34. The summed E-state index contributed by atoms with van der Waals surface area (Å²) < 4.78 is 13.1. The quantitative estimate of drug-likeness (QED) is 0.117. The Labute approximate surface area is 225 Å². The molecule has 0 aliphatic heterocycles. The lowest BCUT2D eigenvalue weighted by Gasteiger charge is -2.29. The van der Waals surface area contributed by atoms with E-state index in [1.165, 1.54) is 11.6 Å². The highest BCUT2D eigenvalue weighted by Crippen LogP contribution is 2.40. The van der Waals surface area contributed by atoms with E-state index in [4.69, 9.17) is 14.7 Å². The highest BCUT2D eigenvalue weighted by atomic mass is 79.9. The molecule has 0 bridgehead atoms. The molecule has 188 valence electrons. The topological polar surface area (TPSA) is 117 Å². The Balaban J connectivity index is 1.95. The zero-order chi connectivity index (χ0) is 25.9. The summed E-state index contributed by atoms with van der Waals surface area (Å²) in [7, 11) is 0. The average molecular weight is 620 g/mol. The molecule has 4 N–H and O–H groups in total. The zero-order valence-corrected chi connectivity index (χ0v) is 22.1. The number of phenolic OH excluding ortho intramolecular Hbond substituents is 1. The number of amides is 2. The highest BCUT2D eigenvalue weighted by Gasteiger charge is 2.32. The van der Waals surface area contributed by atoms with Gasteiger partial charge in [-0.1, -0.05) is 58.4 Å². The first kappa shape index (κ1) is 27.3. The van der Waals surface area contributed by atoms with Gasteiger partial charge in [-0.3, -0.25) is 15.3 Å². The summed E-state index contributed by atoms with van der Waals surface area (Å²) in [5.41, 5.74) is 2.39. The van der Waals surface area contributed by atoms with Crippen molar-refractivity contribution in [2.24, 2.45) is 0 Å². The third-order valence-electron chi connectivity index (χ3n) is 4.98. The van der Waals surface area contributed by atoms with Gasteiger partial charge in [0.05, 0.1) is 4.47 Å². The summed E-state index contributed by atoms with van der Waals surface area (Å²) in [6.45, 7) is 0. The maximum atomic E-state index is 12.9. The number of anilines is 1. The molecule has 3 aromatic rings. The SMILES string of the molecule is O=C(/C=C/CC[C@H](Oc1ccccc1)[C@@H](OC(=O)Nc1ccccc1)c1cc(Br)cc(Br)c1O)NO. The molecule has 3 aromatic carbocycles. The molecule has 0 saturated heterocycles. The Morgan fingerprint density at radius 3 is 2.33 bits per heavy atom. The van der Waals surface area contributed by atoms with E-state index in [9.17, 15) is 14.7 Å². The molecule has 2 atom stereocenters. The number of halogens is 2. The molecular formula is C26H24Br2N2O6. The second-order valence-electron chi connectivity index (χ2n) is 7.57. The van der Waals surface area contributed by atoms with Crippen molar-refractivity contribution in [2.45, 2.75) is 25.0 Å². The van der Waals surface area contributed by atoms with E-state index in [1.807, 2.05) is 24.3 Å². The Morgan fingerprint density at radius 2 is 1.67 bits per heavy atom. The minimum absolute atomic E-state index is 0.104. The van der Waals surface area contributed by atoms with Gasteiger partial charge in [0.15, 0.2) is 6.10 Å². The summed E-state index contributed by atoms with van der Waals surface area (Å²) in [6.07, 6.45) is 0.858. The van der Waals surface area contributed by atoms with Crippen molar-refractivity contribution in [3.63, 3.8) is 0 Å². The lowest BCUT2D eigenvalue weighted by molar-refractivity contribution is -0.124. The number of aromatic hydroxyl groups is 1. The van der Waals surface area contributed by atoms with E-state index in [0.717, 1.165) is 0 Å². The summed E-state index contributed by atoms with van der Waals surface area (Å²) in [5.74, 6) is -0.239. The minimum Gasteiger partial charge on any atom is -0.506 e. The molecule has 0 radical (unpaired) electrons. The van der Waals surface area contributed by atoms with E-state index in [-0.39, 0.29) is 5.75 Å². The standard InChI is InChI=1S/C26H24Br2N2O6/c27-17-15-20(24(32)21(28)16-17)25(36-26(33)29-18-9-3-1-4-10-18)22(13-7-8-14-23(31)30-34)35-19-11-5-2-6-12-19/h1-6,8-12,14-16,22,25,32,34H,7,13H2,(H,29,33)(H,30,31)/b14-8+/t22-,25-/m0/s1. The Bertz CT molecular complexity index is 1190. The summed E-state index contributed by atoms with van der Waals surface area (Å²) >= 11 is 6.75. The number of benzene rings is 3. The van der Waals surface area contributed by atoms with Crippen LogP contribution < -0.4 is 15.5 Å². The van der Waals surface area contributed by atoms with Gasteiger partial charge in [0, 0.05) is 21.8 Å². The van der Waals surface area contributed by atoms with Gasteiger partial charge in [0.2, 0.25) is 0 Å². The molecule has 8 nitrogen and oxygen atoms in total. The molecule has 0 aliphatic rings. The molecule has 3 rings (SSSR count). The van der Waals surface area contributed by atoms with Crippen LogP contribution in [0.25, 0.3) is 0 Å². The van der Waals surface area contributed by atoms with Crippen LogP contribution in [-0.4, -0.2) is 28.4 Å². The number of hydroxylamine groups is 1. The molecule has 10 heteroatoms. The number of para-hydroxylation sites is 2. The first-order chi connectivity index (χ1) is 17.4. The fraction of sp³-hybridized carbons (Fsp3) is 0.154. The largest absolute Gasteiger partial charge is 0.506 e. The molecule has 36 heavy (non-hydrogen) atoms. The first-order valence-electron chi connectivity index (χ1n) is 10.9. The summed E-state index contributed by atoms with van der Waals surface area (Å²) in [5, 5.41) is 22.2. The van der Waals surface area contributed by atoms with Gasteiger partial charge in [0.25, 0.3) is 5.91 Å². The van der Waals surface area contributed by atoms with E-state index >= 15 is 0 Å². The number of phenols is 1. The van der Waals surface area contributed by atoms with Crippen LogP contribution in [0.3, 0.4) is 0 Å². The van der Waals surface area contributed by atoms with Crippen molar-refractivity contribution in [2.75, 3.05) is 5.32 Å². The van der Waals surface area contributed by atoms with Gasteiger partial charge in [-0.05, 0) is 65.2 Å². The van der Waals surface area contributed by atoms with Crippen molar-refractivity contribution >= 4 is 49.5 Å². The number of ether oxygens (including phenoxy) is 2. The molecular weight excluding hydrogens is 596 g/mol. The van der Waals surface area contributed by atoms with Crippen LogP contribution in [-0.2, 0) is 9.53 Å². The predicted molar refractivity (Wildman–Crippen MR) is 142 cm³/mol. The van der Waals surface area contributed by atoms with Crippen LogP contribution in [0.15, 0.2) is 93.9 Å². The Kier molecular flexibility index (Phi) is 10.3. The van der Waals surface area contributed by atoms with Gasteiger partial charge in [-0.2, -0.15) is 0 Å². The van der Waals surface area contributed by atoms with Crippen LogP contribution in [0.4, 0.5) is 10.5 Å². The number of hydrogen-bond acceptors (Lipinski definition) is 6. The van der Waals surface area contributed by atoms with Crippen molar-refractivity contribution in [3.05, 3.63) is 99.5 Å². The molecule has 0 unspecified atom stereocenters. The van der Waals surface area contributed by atoms with Crippen LogP contribution in [0, 0.1) is 0 Å². The number of hydrogen-bond donors (Lipinski definition) is 4. The van der Waals surface area contributed by atoms with E-state index < -0.39 is 24.2 Å². The van der Waals surface area contributed by atoms with E-state index in [0.29, 0.717) is 38.8 Å². The van der Waals surface area contributed by atoms with Crippen molar-refractivity contribution < 1.29 is 29.4 Å². The normalized spacial score (nSPS) is 12.5.